The number of hydrogen-bond donors (Lipinski definition) is 1. The van der Waals surface area contributed by atoms with E-state index in [-0.39, 0.29) is 5.54 Å². The average Bonchev–Trinajstić information content (AvgIpc) is 2.26. The van der Waals surface area contributed by atoms with Gasteiger partial charge in [-0.2, -0.15) is 0 Å². The van der Waals surface area contributed by atoms with Crippen molar-refractivity contribution in [2.75, 3.05) is 0 Å². The lowest BCUT2D eigenvalue weighted by Gasteiger charge is -2.69. The quantitative estimate of drug-likeness (QED) is 0.665. The molecule has 2 N–H and O–H groups in total. The van der Waals surface area contributed by atoms with Crippen molar-refractivity contribution in [1.29, 1.82) is 0 Å². The minimum Gasteiger partial charge on any atom is -0.331 e. The van der Waals surface area contributed by atoms with Crippen LogP contribution in [0.3, 0.4) is 0 Å². The monoisotopic (exact) mass is 163 g/mol. The molecule has 3 nitrogen and oxygen atoms in total. The molecule has 2 bridgehead atoms. The third-order valence-corrected chi connectivity index (χ3v) is 3.30. The summed E-state index contributed by atoms with van der Waals surface area (Å²) in [6.07, 6.45) is 7.51. The SMILES string of the molecule is Cc1cn(C23CC(N)(C2)C3)cn1. The van der Waals surface area contributed by atoms with Gasteiger partial charge in [-0.25, -0.2) is 4.98 Å². The maximum absolute atomic E-state index is 5.98. The van der Waals surface area contributed by atoms with Gasteiger partial charge in [0.2, 0.25) is 0 Å². The first-order valence-corrected chi connectivity index (χ1v) is 4.42. The molecule has 0 aromatic carbocycles. The molecule has 0 aliphatic heterocycles. The Morgan fingerprint density at radius 1 is 1.50 bits per heavy atom. The molecule has 1 heterocycles. The highest BCUT2D eigenvalue weighted by Crippen LogP contribution is 2.63. The van der Waals surface area contributed by atoms with Gasteiger partial charge < -0.3 is 10.3 Å². The second-order valence-corrected chi connectivity index (χ2v) is 4.54. The standard InChI is InChI=1S/C9H13N3/c1-7-2-12(6-11-7)9-3-8(10,4-9)5-9/h2,6H,3-5,10H2,1H3. The Labute approximate surface area is 71.6 Å². The molecule has 0 saturated heterocycles. The van der Waals surface area contributed by atoms with E-state index in [9.17, 15) is 0 Å². The molecule has 0 amide bonds. The van der Waals surface area contributed by atoms with E-state index in [1.54, 1.807) is 0 Å². The minimum absolute atomic E-state index is 0.193. The van der Waals surface area contributed by atoms with Crippen LogP contribution in [0.4, 0.5) is 0 Å². The van der Waals surface area contributed by atoms with Gasteiger partial charge in [-0.1, -0.05) is 0 Å². The van der Waals surface area contributed by atoms with E-state index >= 15 is 0 Å². The van der Waals surface area contributed by atoms with Crippen LogP contribution in [0.2, 0.25) is 0 Å². The molecule has 3 aliphatic rings. The maximum atomic E-state index is 5.98. The Morgan fingerprint density at radius 2 is 2.17 bits per heavy atom. The first-order chi connectivity index (χ1) is 5.62. The number of hydrogen-bond acceptors (Lipinski definition) is 2. The highest BCUT2D eigenvalue weighted by atomic mass is 15.2. The van der Waals surface area contributed by atoms with Crippen molar-refractivity contribution >= 4 is 0 Å². The number of nitrogens with two attached hydrogens (primary N) is 1. The Bertz CT molecular complexity index is 320. The summed E-state index contributed by atoms with van der Waals surface area (Å²) in [6.45, 7) is 2.03. The van der Waals surface area contributed by atoms with Crippen LogP contribution < -0.4 is 5.73 Å². The van der Waals surface area contributed by atoms with Crippen LogP contribution in [0.5, 0.6) is 0 Å². The van der Waals surface area contributed by atoms with E-state index in [0.29, 0.717) is 5.54 Å². The van der Waals surface area contributed by atoms with Crippen molar-refractivity contribution in [2.45, 2.75) is 37.3 Å². The van der Waals surface area contributed by atoms with Crippen LogP contribution in [0, 0.1) is 6.92 Å². The van der Waals surface area contributed by atoms with Crippen molar-refractivity contribution in [1.82, 2.24) is 9.55 Å². The number of nitrogens with zero attached hydrogens (tertiary/aromatic N) is 2. The lowest BCUT2D eigenvalue weighted by Crippen LogP contribution is -2.76. The van der Waals surface area contributed by atoms with Crippen molar-refractivity contribution in [3.05, 3.63) is 18.2 Å². The van der Waals surface area contributed by atoms with E-state index in [1.807, 2.05) is 13.3 Å². The number of aromatic nitrogens is 2. The van der Waals surface area contributed by atoms with Gasteiger partial charge in [0.05, 0.1) is 17.6 Å². The largest absolute Gasteiger partial charge is 0.331 e. The van der Waals surface area contributed by atoms with Crippen LogP contribution in [0.1, 0.15) is 25.0 Å². The van der Waals surface area contributed by atoms with E-state index in [2.05, 4.69) is 15.7 Å². The van der Waals surface area contributed by atoms with E-state index in [1.165, 1.54) is 0 Å². The zero-order valence-electron chi connectivity index (χ0n) is 7.25. The Morgan fingerprint density at radius 3 is 2.58 bits per heavy atom. The average molecular weight is 163 g/mol. The third-order valence-electron chi connectivity index (χ3n) is 3.30. The van der Waals surface area contributed by atoms with Crippen molar-refractivity contribution < 1.29 is 0 Å². The molecule has 3 fully saturated rings. The summed E-state index contributed by atoms with van der Waals surface area (Å²) in [4.78, 5) is 4.23. The van der Waals surface area contributed by atoms with Gasteiger partial charge in [-0.15, -0.1) is 0 Å². The summed E-state index contributed by atoms with van der Waals surface area (Å²) in [5.41, 5.74) is 7.65. The summed E-state index contributed by atoms with van der Waals surface area (Å²) in [7, 11) is 0. The molecule has 4 rings (SSSR count). The minimum atomic E-state index is 0.193. The lowest BCUT2D eigenvalue weighted by molar-refractivity contribution is -0.114. The van der Waals surface area contributed by atoms with E-state index in [0.717, 1.165) is 25.0 Å². The van der Waals surface area contributed by atoms with Gasteiger partial charge in [0.25, 0.3) is 0 Å². The highest BCUT2D eigenvalue weighted by molar-refractivity contribution is 5.26. The summed E-state index contributed by atoms with van der Waals surface area (Å²) in [5, 5.41) is 0. The van der Waals surface area contributed by atoms with Crippen LogP contribution in [0.25, 0.3) is 0 Å². The molecule has 3 aliphatic carbocycles. The highest BCUT2D eigenvalue weighted by Gasteiger charge is 2.66. The molecule has 0 spiro atoms. The van der Waals surface area contributed by atoms with Gasteiger partial charge in [-0.3, -0.25) is 0 Å². The Balaban J connectivity index is 1.93. The van der Waals surface area contributed by atoms with Crippen molar-refractivity contribution in [2.24, 2.45) is 5.73 Å². The fraction of sp³-hybridized carbons (Fsp3) is 0.667. The molecule has 0 radical (unpaired) electrons. The van der Waals surface area contributed by atoms with Gasteiger partial charge in [0.1, 0.15) is 0 Å². The Kier molecular flexibility index (Phi) is 0.884. The molecule has 12 heavy (non-hydrogen) atoms. The molecule has 3 saturated carbocycles. The molecule has 1 aromatic rings. The number of rotatable bonds is 1. The van der Waals surface area contributed by atoms with Crippen LogP contribution in [-0.2, 0) is 5.54 Å². The van der Waals surface area contributed by atoms with E-state index < -0.39 is 0 Å². The number of aryl methyl sites for hydroxylation is 1. The van der Waals surface area contributed by atoms with Crippen LogP contribution in [0.15, 0.2) is 12.5 Å². The second kappa shape index (κ2) is 1.59. The zero-order chi connectivity index (χ0) is 8.40. The molecular formula is C9H13N3. The van der Waals surface area contributed by atoms with Gasteiger partial charge in [0, 0.05) is 11.7 Å². The first kappa shape index (κ1) is 6.66. The summed E-state index contributed by atoms with van der Waals surface area (Å²) < 4.78 is 2.25. The van der Waals surface area contributed by atoms with Gasteiger partial charge in [0.15, 0.2) is 0 Å². The normalized spacial score (nSPS) is 43.5. The fourth-order valence-electron chi connectivity index (χ4n) is 2.77. The molecule has 64 valence electrons. The Hall–Kier alpha value is -0.830. The second-order valence-electron chi connectivity index (χ2n) is 4.54. The van der Waals surface area contributed by atoms with Gasteiger partial charge in [-0.05, 0) is 26.2 Å². The maximum Gasteiger partial charge on any atom is 0.0954 e. The zero-order valence-corrected chi connectivity index (χ0v) is 7.25. The van der Waals surface area contributed by atoms with Gasteiger partial charge >= 0.3 is 0 Å². The van der Waals surface area contributed by atoms with E-state index in [4.69, 9.17) is 5.73 Å². The van der Waals surface area contributed by atoms with Crippen LogP contribution in [-0.4, -0.2) is 15.1 Å². The predicted molar refractivity (Wildman–Crippen MR) is 45.7 cm³/mol. The molecule has 0 unspecified atom stereocenters. The summed E-state index contributed by atoms with van der Waals surface area (Å²) >= 11 is 0. The topological polar surface area (TPSA) is 43.8 Å². The van der Waals surface area contributed by atoms with Crippen molar-refractivity contribution in [3.8, 4) is 0 Å². The number of imidazole rings is 1. The molecule has 3 heteroatoms. The summed E-state index contributed by atoms with van der Waals surface area (Å²) in [5.74, 6) is 0. The fourth-order valence-corrected chi connectivity index (χ4v) is 2.77. The van der Waals surface area contributed by atoms with Crippen molar-refractivity contribution in [3.63, 3.8) is 0 Å². The molecular weight excluding hydrogens is 150 g/mol. The lowest BCUT2D eigenvalue weighted by atomic mass is 9.44. The third kappa shape index (κ3) is 0.591. The smallest absolute Gasteiger partial charge is 0.0954 e. The first-order valence-electron chi connectivity index (χ1n) is 4.42. The molecule has 1 aromatic heterocycles. The summed E-state index contributed by atoms with van der Waals surface area (Å²) in [6, 6.07) is 0. The molecule has 0 atom stereocenters. The predicted octanol–water partition coefficient (Wildman–Crippen LogP) is 0.782. The van der Waals surface area contributed by atoms with Crippen LogP contribution >= 0.6 is 0 Å².